The topological polar surface area (TPSA) is 30.5 Å². The van der Waals surface area contributed by atoms with E-state index < -0.39 is 0 Å². The van der Waals surface area contributed by atoms with E-state index in [0.717, 1.165) is 22.6 Å². The minimum absolute atomic E-state index is 0.0540. The summed E-state index contributed by atoms with van der Waals surface area (Å²) in [6.07, 6.45) is 0. The Morgan fingerprint density at radius 2 is 1.90 bits per heavy atom. The van der Waals surface area contributed by atoms with Crippen molar-refractivity contribution < 1.29 is 13.9 Å². The molecule has 1 N–H and O–H groups in total. The van der Waals surface area contributed by atoms with Crippen molar-refractivity contribution in [1.82, 2.24) is 5.32 Å². The fourth-order valence-electron chi connectivity index (χ4n) is 2.21. The highest BCUT2D eigenvalue weighted by molar-refractivity contribution is 5.42. The van der Waals surface area contributed by atoms with Gasteiger partial charge in [0.1, 0.15) is 17.3 Å². The molecule has 2 rings (SSSR count). The summed E-state index contributed by atoms with van der Waals surface area (Å²) in [5.74, 6) is 1.36. The van der Waals surface area contributed by atoms with Gasteiger partial charge >= 0.3 is 0 Å². The van der Waals surface area contributed by atoms with E-state index in [2.05, 4.69) is 5.32 Å². The summed E-state index contributed by atoms with van der Waals surface area (Å²) in [5.41, 5.74) is 1.91. The van der Waals surface area contributed by atoms with Gasteiger partial charge in [0.05, 0.1) is 14.2 Å². The monoisotopic (exact) mass is 289 g/mol. The van der Waals surface area contributed by atoms with Crippen LogP contribution in [-0.2, 0) is 6.54 Å². The Morgan fingerprint density at radius 3 is 2.57 bits per heavy atom. The molecule has 4 heteroatoms. The van der Waals surface area contributed by atoms with E-state index in [4.69, 9.17) is 9.47 Å². The van der Waals surface area contributed by atoms with Gasteiger partial charge in [0.2, 0.25) is 0 Å². The van der Waals surface area contributed by atoms with E-state index >= 15 is 0 Å². The first kappa shape index (κ1) is 15.3. The first-order chi connectivity index (χ1) is 10.1. The lowest BCUT2D eigenvalue weighted by Gasteiger charge is -2.18. The molecule has 0 heterocycles. The fourth-order valence-corrected chi connectivity index (χ4v) is 2.21. The quantitative estimate of drug-likeness (QED) is 0.879. The first-order valence-electron chi connectivity index (χ1n) is 6.83. The lowest BCUT2D eigenvalue weighted by atomic mass is 10.1. The van der Waals surface area contributed by atoms with Gasteiger partial charge in [-0.1, -0.05) is 12.1 Å². The smallest absolute Gasteiger partial charge is 0.123 e. The van der Waals surface area contributed by atoms with Crippen LogP contribution in [0.4, 0.5) is 4.39 Å². The van der Waals surface area contributed by atoms with Gasteiger partial charge < -0.3 is 14.8 Å². The molecular formula is C17H20FNO2. The number of nitrogens with one attached hydrogen (secondary N) is 1. The van der Waals surface area contributed by atoms with Crippen molar-refractivity contribution in [2.75, 3.05) is 14.2 Å². The molecule has 0 aromatic heterocycles. The van der Waals surface area contributed by atoms with Crippen LogP contribution >= 0.6 is 0 Å². The Bertz CT molecular complexity index is 601. The van der Waals surface area contributed by atoms with Crippen LogP contribution in [0.15, 0.2) is 42.5 Å². The molecular weight excluding hydrogens is 269 g/mol. The summed E-state index contributed by atoms with van der Waals surface area (Å²) in [6, 6.07) is 12.3. The highest BCUT2D eigenvalue weighted by Gasteiger charge is 2.12. The third-order valence-corrected chi connectivity index (χ3v) is 3.40. The predicted octanol–water partition coefficient (Wildman–Crippen LogP) is 3.69. The molecule has 0 fully saturated rings. The Labute approximate surface area is 124 Å². The van der Waals surface area contributed by atoms with Gasteiger partial charge in [-0.15, -0.1) is 0 Å². The minimum Gasteiger partial charge on any atom is -0.497 e. The normalized spacial score (nSPS) is 12.0. The summed E-state index contributed by atoms with van der Waals surface area (Å²) >= 11 is 0. The maximum Gasteiger partial charge on any atom is 0.123 e. The van der Waals surface area contributed by atoms with Gasteiger partial charge in [-0.2, -0.15) is 0 Å². The van der Waals surface area contributed by atoms with Crippen LogP contribution < -0.4 is 14.8 Å². The lowest BCUT2D eigenvalue weighted by Crippen LogP contribution is -2.18. The van der Waals surface area contributed by atoms with E-state index in [-0.39, 0.29) is 11.9 Å². The minimum atomic E-state index is -0.221. The SMILES string of the molecule is COc1ccc(OC)c(C(C)NCc2cccc(F)c2)c1. The zero-order valence-corrected chi connectivity index (χ0v) is 12.5. The van der Waals surface area contributed by atoms with Gasteiger partial charge in [-0.25, -0.2) is 4.39 Å². The second-order valence-corrected chi connectivity index (χ2v) is 4.84. The molecule has 1 unspecified atom stereocenters. The average Bonchev–Trinajstić information content (AvgIpc) is 2.52. The number of ether oxygens (including phenoxy) is 2. The summed E-state index contributed by atoms with van der Waals surface area (Å²) in [4.78, 5) is 0. The molecule has 0 saturated carbocycles. The van der Waals surface area contributed by atoms with E-state index in [0.29, 0.717) is 6.54 Å². The molecule has 0 amide bonds. The largest absolute Gasteiger partial charge is 0.497 e. The molecule has 3 nitrogen and oxygen atoms in total. The number of hydrogen-bond acceptors (Lipinski definition) is 3. The van der Waals surface area contributed by atoms with Crippen molar-refractivity contribution in [2.24, 2.45) is 0 Å². The van der Waals surface area contributed by atoms with E-state index in [9.17, 15) is 4.39 Å². The van der Waals surface area contributed by atoms with Gasteiger partial charge in [-0.05, 0) is 42.8 Å². The maximum absolute atomic E-state index is 13.2. The third kappa shape index (κ3) is 3.95. The van der Waals surface area contributed by atoms with Crippen molar-refractivity contribution in [3.05, 3.63) is 59.4 Å². The molecule has 112 valence electrons. The van der Waals surface area contributed by atoms with E-state index in [1.165, 1.54) is 12.1 Å². The molecule has 21 heavy (non-hydrogen) atoms. The highest BCUT2D eigenvalue weighted by atomic mass is 19.1. The molecule has 2 aromatic rings. The molecule has 0 aliphatic heterocycles. The summed E-state index contributed by atoms with van der Waals surface area (Å²) in [5, 5.41) is 3.37. The second-order valence-electron chi connectivity index (χ2n) is 4.84. The number of methoxy groups -OCH3 is 2. The van der Waals surface area contributed by atoms with Crippen molar-refractivity contribution in [3.63, 3.8) is 0 Å². The standard InChI is InChI=1S/C17H20FNO2/c1-12(19-11-13-5-4-6-14(18)9-13)16-10-15(20-2)7-8-17(16)21-3/h4-10,12,19H,11H2,1-3H3. The molecule has 0 radical (unpaired) electrons. The number of halogens is 1. The van der Waals surface area contributed by atoms with E-state index in [1.54, 1.807) is 20.3 Å². The van der Waals surface area contributed by atoms with Crippen LogP contribution in [0, 0.1) is 5.82 Å². The third-order valence-electron chi connectivity index (χ3n) is 3.40. The van der Waals surface area contributed by atoms with Crippen molar-refractivity contribution in [1.29, 1.82) is 0 Å². The molecule has 0 saturated heterocycles. The first-order valence-corrected chi connectivity index (χ1v) is 6.83. The number of hydrogen-bond donors (Lipinski definition) is 1. The van der Waals surface area contributed by atoms with Crippen LogP contribution in [0.25, 0.3) is 0 Å². The van der Waals surface area contributed by atoms with Crippen LogP contribution in [0.5, 0.6) is 11.5 Å². The van der Waals surface area contributed by atoms with Crippen LogP contribution in [0.1, 0.15) is 24.1 Å². The molecule has 0 aliphatic carbocycles. The molecule has 0 aliphatic rings. The zero-order valence-electron chi connectivity index (χ0n) is 12.5. The Hall–Kier alpha value is -2.07. The molecule has 0 bridgehead atoms. The molecule has 2 aromatic carbocycles. The van der Waals surface area contributed by atoms with Crippen LogP contribution in [-0.4, -0.2) is 14.2 Å². The summed E-state index contributed by atoms with van der Waals surface area (Å²) in [7, 11) is 3.28. The van der Waals surface area contributed by atoms with Crippen molar-refractivity contribution >= 4 is 0 Å². The average molecular weight is 289 g/mol. The second kappa shape index (κ2) is 7.09. The highest BCUT2D eigenvalue weighted by Crippen LogP contribution is 2.29. The van der Waals surface area contributed by atoms with E-state index in [1.807, 2.05) is 31.2 Å². The molecule has 1 atom stereocenters. The number of benzene rings is 2. The Morgan fingerprint density at radius 1 is 1.10 bits per heavy atom. The van der Waals surface area contributed by atoms with Crippen LogP contribution in [0.2, 0.25) is 0 Å². The van der Waals surface area contributed by atoms with Crippen LogP contribution in [0.3, 0.4) is 0 Å². The Balaban J connectivity index is 2.10. The Kier molecular flexibility index (Phi) is 5.17. The maximum atomic E-state index is 13.2. The molecule has 0 spiro atoms. The van der Waals surface area contributed by atoms with Gasteiger partial charge in [0.15, 0.2) is 0 Å². The summed E-state index contributed by atoms with van der Waals surface area (Å²) in [6.45, 7) is 2.62. The summed E-state index contributed by atoms with van der Waals surface area (Å²) < 4.78 is 23.8. The fraction of sp³-hybridized carbons (Fsp3) is 0.294. The van der Waals surface area contributed by atoms with Crippen molar-refractivity contribution in [3.8, 4) is 11.5 Å². The predicted molar refractivity (Wildman–Crippen MR) is 81.2 cm³/mol. The van der Waals surface area contributed by atoms with Gasteiger partial charge in [-0.3, -0.25) is 0 Å². The lowest BCUT2D eigenvalue weighted by molar-refractivity contribution is 0.391. The van der Waals surface area contributed by atoms with Crippen molar-refractivity contribution in [2.45, 2.75) is 19.5 Å². The van der Waals surface area contributed by atoms with Gasteiger partial charge in [0, 0.05) is 18.2 Å². The van der Waals surface area contributed by atoms with Gasteiger partial charge in [0.25, 0.3) is 0 Å². The zero-order chi connectivity index (χ0) is 15.2. The number of rotatable bonds is 6.